The molecular formula is C21H21FN2O3. The molecule has 0 saturated carbocycles. The first kappa shape index (κ1) is 18.6. The van der Waals surface area contributed by atoms with Gasteiger partial charge in [-0.1, -0.05) is 37.3 Å². The highest BCUT2D eigenvalue weighted by atomic mass is 19.1. The summed E-state index contributed by atoms with van der Waals surface area (Å²) in [5, 5.41) is 3.16. The zero-order valence-corrected chi connectivity index (χ0v) is 15.1. The summed E-state index contributed by atoms with van der Waals surface area (Å²) in [6.45, 7) is 2.33. The minimum absolute atomic E-state index is 0.122. The molecule has 5 nitrogen and oxygen atoms in total. The van der Waals surface area contributed by atoms with Crippen molar-refractivity contribution in [3.05, 3.63) is 77.2 Å². The summed E-state index contributed by atoms with van der Waals surface area (Å²) in [5.74, 6) is -0.671. The number of nitrogens with zero attached hydrogens (tertiary/aromatic N) is 1. The number of nitrogens with one attached hydrogen (secondary N) is 1. The molecule has 3 rings (SSSR count). The van der Waals surface area contributed by atoms with Crippen molar-refractivity contribution >= 4 is 17.7 Å². The third kappa shape index (κ3) is 4.53. The number of allylic oxidation sites excluding steroid dienone is 1. The molecule has 0 spiro atoms. The molecule has 0 bridgehead atoms. The summed E-state index contributed by atoms with van der Waals surface area (Å²) in [6.07, 6.45) is 0.401. The smallest absolute Gasteiger partial charge is 0.417 e. The van der Waals surface area contributed by atoms with Crippen LogP contribution in [0.3, 0.4) is 0 Å². The Labute approximate surface area is 157 Å². The van der Waals surface area contributed by atoms with Crippen molar-refractivity contribution in [2.75, 3.05) is 11.9 Å². The average molecular weight is 368 g/mol. The van der Waals surface area contributed by atoms with Crippen LogP contribution < -0.4 is 5.32 Å². The van der Waals surface area contributed by atoms with E-state index in [9.17, 15) is 14.0 Å². The minimum atomic E-state index is -0.643. The van der Waals surface area contributed by atoms with Gasteiger partial charge in [-0.2, -0.15) is 0 Å². The first-order valence-electron chi connectivity index (χ1n) is 8.85. The van der Waals surface area contributed by atoms with Crippen molar-refractivity contribution in [3.63, 3.8) is 0 Å². The number of rotatable bonds is 5. The molecule has 140 valence electrons. The molecule has 1 saturated heterocycles. The number of imide groups is 1. The Morgan fingerprint density at radius 3 is 2.52 bits per heavy atom. The van der Waals surface area contributed by atoms with Gasteiger partial charge < -0.3 is 10.1 Å². The quantitative estimate of drug-likeness (QED) is 0.791. The Balaban J connectivity index is 1.67. The van der Waals surface area contributed by atoms with Gasteiger partial charge in [0.15, 0.2) is 0 Å². The van der Waals surface area contributed by atoms with Gasteiger partial charge in [0.05, 0.1) is 0 Å². The number of anilines is 1. The van der Waals surface area contributed by atoms with Crippen LogP contribution in [-0.4, -0.2) is 23.4 Å². The van der Waals surface area contributed by atoms with Gasteiger partial charge in [-0.15, -0.1) is 0 Å². The molecule has 2 aromatic rings. The van der Waals surface area contributed by atoms with Crippen LogP contribution in [0.25, 0.3) is 0 Å². The summed E-state index contributed by atoms with van der Waals surface area (Å²) in [4.78, 5) is 26.1. The first-order valence-corrected chi connectivity index (χ1v) is 8.85. The Morgan fingerprint density at radius 1 is 1.15 bits per heavy atom. The van der Waals surface area contributed by atoms with E-state index in [0.717, 1.165) is 16.2 Å². The van der Waals surface area contributed by atoms with E-state index in [-0.39, 0.29) is 24.9 Å². The molecule has 0 unspecified atom stereocenters. The third-order valence-corrected chi connectivity index (χ3v) is 4.37. The van der Waals surface area contributed by atoms with Crippen molar-refractivity contribution in [1.29, 1.82) is 0 Å². The fourth-order valence-electron chi connectivity index (χ4n) is 2.93. The summed E-state index contributed by atoms with van der Waals surface area (Å²) < 4.78 is 18.3. The summed E-state index contributed by atoms with van der Waals surface area (Å²) in [7, 11) is 0. The lowest BCUT2D eigenvalue weighted by Crippen LogP contribution is -2.33. The molecule has 0 aromatic heterocycles. The number of carbonyl (C=O) groups excluding carboxylic acids is 2. The molecule has 6 heteroatoms. The van der Waals surface area contributed by atoms with Crippen molar-refractivity contribution in [2.45, 2.75) is 26.4 Å². The zero-order chi connectivity index (χ0) is 19.2. The highest BCUT2D eigenvalue weighted by Gasteiger charge is 2.34. The minimum Gasteiger partial charge on any atom is -0.444 e. The van der Waals surface area contributed by atoms with Crippen LogP contribution in [0.2, 0.25) is 0 Å². The van der Waals surface area contributed by atoms with E-state index in [1.54, 1.807) is 12.1 Å². The topological polar surface area (TPSA) is 58.6 Å². The summed E-state index contributed by atoms with van der Waals surface area (Å²) >= 11 is 0. The SMILES string of the molecule is CC/C(Nc1ccc(F)cc1)=C1\CCN(C(=O)OCc2ccccc2)C1=O. The van der Waals surface area contributed by atoms with Crippen LogP contribution in [-0.2, 0) is 16.1 Å². The molecule has 2 amide bonds. The fraction of sp³-hybridized carbons (Fsp3) is 0.238. The second-order valence-electron chi connectivity index (χ2n) is 6.19. The standard InChI is InChI=1S/C21H21FN2O3/c1-2-19(23-17-10-8-16(22)9-11-17)18-12-13-24(20(18)25)21(26)27-14-15-6-4-3-5-7-15/h3-11,23H,2,12-14H2,1H3/b19-18-. The van der Waals surface area contributed by atoms with E-state index >= 15 is 0 Å². The molecule has 1 heterocycles. The van der Waals surface area contributed by atoms with Gasteiger partial charge in [0, 0.05) is 23.5 Å². The number of likely N-dealkylation sites (tertiary alicyclic amines) is 1. The Hall–Kier alpha value is -3.15. The van der Waals surface area contributed by atoms with E-state index in [1.165, 1.54) is 12.1 Å². The van der Waals surface area contributed by atoms with E-state index < -0.39 is 6.09 Å². The van der Waals surface area contributed by atoms with Crippen LogP contribution in [0.5, 0.6) is 0 Å². The largest absolute Gasteiger partial charge is 0.444 e. The van der Waals surface area contributed by atoms with E-state index in [4.69, 9.17) is 4.74 Å². The summed E-state index contributed by atoms with van der Waals surface area (Å²) in [5.41, 5.74) is 2.84. The number of carbonyl (C=O) groups is 2. The molecule has 1 aliphatic rings. The predicted molar refractivity (Wildman–Crippen MR) is 100 cm³/mol. The highest BCUT2D eigenvalue weighted by Crippen LogP contribution is 2.25. The number of amides is 2. The Bertz CT molecular complexity index is 847. The number of benzene rings is 2. The lowest BCUT2D eigenvalue weighted by atomic mass is 10.1. The molecule has 0 radical (unpaired) electrons. The Morgan fingerprint density at radius 2 is 1.85 bits per heavy atom. The van der Waals surface area contributed by atoms with Crippen LogP contribution in [0, 0.1) is 5.82 Å². The number of hydrogen-bond donors (Lipinski definition) is 1. The molecule has 2 aromatic carbocycles. The predicted octanol–water partition coefficient (Wildman–Crippen LogP) is 4.47. The van der Waals surface area contributed by atoms with Gasteiger partial charge >= 0.3 is 6.09 Å². The fourth-order valence-corrected chi connectivity index (χ4v) is 2.93. The molecule has 0 aliphatic carbocycles. The van der Waals surface area contributed by atoms with Crippen LogP contribution in [0.15, 0.2) is 65.9 Å². The molecule has 1 N–H and O–H groups in total. The van der Waals surface area contributed by atoms with Crippen LogP contribution in [0.1, 0.15) is 25.3 Å². The maximum atomic E-state index is 13.1. The third-order valence-electron chi connectivity index (χ3n) is 4.37. The van der Waals surface area contributed by atoms with Gasteiger partial charge in [-0.3, -0.25) is 4.79 Å². The second kappa shape index (κ2) is 8.49. The molecule has 27 heavy (non-hydrogen) atoms. The Kier molecular flexibility index (Phi) is 5.86. The molecular weight excluding hydrogens is 347 g/mol. The van der Waals surface area contributed by atoms with Crippen LogP contribution in [0.4, 0.5) is 14.9 Å². The molecule has 0 atom stereocenters. The van der Waals surface area contributed by atoms with Crippen molar-refractivity contribution in [3.8, 4) is 0 Å². The van der Waals surface area contributed by atoms with Gasteiger partial charge in [0.25, 0.3) is 5.91 Å². The van der Waals surface area contributed by atoms with Gasteiger partial charge in [0.1, 0.15) is 12.4 Å². The summed E-state index contributed by atoms with van der Waals surface area (Å²) in [6, 6.07) is 15.2. The average Bonchev–Trinajstić information content (AvgIpc) is 3.08. The van der Waals surface area contributed by atoms with Crippen LogP contribution >= 0.6 is 0 Å². The highest BCUT2D eigenvalue weighted by molar-refractivity contribution is 6.05. The van der Waals surface area contributed by atoms with Gasteiger partial charge in [-0.25, -0.2) is 14.1 Å². The number of hydrogen-bond acceptors (Lipinski definition) is 4. The van der Waals surface area contributed by atoms with Crippen molar-refractivity contribution in [2.24, 2.45) is 0 Å². The molecule has 1 aliphatic heterocycles. The van der Waals surface area contributed by atoms with Gasteiger partial charge in [-0.05, 0) is 42.7 Å². The zero-order valence-electron chi connectivity index (χ0n) is 15.1. The monoisotopic (exact) mass is 368 g/mol. The van der Waals surface area contributed by atoms with Gasteiger partial charge in [0.2, 0.25) is 0 Å². The van der Waals surface area contributed by atoms with E-state index in [0.29, 0.717) is 24.1 Å². The maximum Gasteiger partial charge on any atom is 0.417 e. The van der Waals surface area contributed by atoms with Crippen molar-refractivity contribution < 1.29 is 18.7 Å². The lowest BCUT2D eigenvalue weighted by Gasteiger charge is -2.15. The lowest BCUT2D eigenvalue weighted by molar-refractivity contribution is -0.123. The second-order valence-corrected chi connectivity index (χ2v) is 6.19. The van der Waals surface area contributed by atoms with Crippen molar-refractivity contribution in [1.82, 2.24) is 4.90 Å². The normalized spacial score (nSPS) is 15.6. The first-order chi connectivity index (χ1) is 13.1. The number of halogens is 1. The maximum absolute atomic E-state index is 13.1. The van der Waals surface area contributed by atoms with E-state index in [2.05, 4.69) is 5.32 Å². The van der Waals surface area contributed by atoms with E-state index in [1.807, 2.05) is 37.3 Å². The number of ether oxygens (including phenoxy) is 1. The molecule has 1 fully saturated rings.